The van der Waals surface area contributed by atoms with Gasteiger partial charge >= 0.3 is 0 Å². The van der Waals surface area contributed by atoms with E-state index in [4.69, 9.17) is 9.47 Å². The van der Waals surface area contributed by atoms with Gasteiger partial charge in [0.05, 0.1) is 12.8 Å². The molecule has 0 radical (unpaired) electrons. The molecule has 0 N–H and O–H groups in total. The molecule has 0 fully saturated rings. The normalized spacial score (nSPS) is 11.5. The van der Waals surface area contributed by atoms with E-state index in [0.717, 1.165) is 22.1 Å². The smallest absolute Gasteiger partial charge is 0.220 e. The van der Waals surface area contributed by atoms with Crippen LogP contribution in [0.2, 0.25) is 0 Å². The van der Waals surface area contributed by atoms with Crippen molar-refractivity contribution < 1.29 is 9.47 Å². The number of nitrogens with zero attached hydrogens (tertiary/aromatic N) is 1. The van der Waals surface area contributed by atoms with E-state index in [1.54, 1.807) is 18.9 Å². The Hall–Kier alpha value is -2.98. The second-order valence-corrected chi connectivity index (χ2v) is 6.28. The van der Waals surface area contributed by atoms with Gasteiger partial charge in [0.15, 0.2) is 0 Å². The number of rotatable bonds is 6. The van der Waals surface area contributed by atoms with E-state index in [-0.39, 0.29) is 0 Å². The van der Waals surface area contributed by atoms with Crippen LogP contribution in [0.15, 0.2) is 106 Å². The Bertz CT molecular complexity index is 860. The number of para-hydroxylation sites is 1. The minimum absolute atomic E-state index is 0.518. The molecule has 0 bridgehead atoms. The molecule has 3 aromatic carbocycles. The van der Waals surface area contributed by atoms with Crippen LogP contribution in [0.4, 0.5) is 5.69 Å². The Morgan fingerprint density at radius 3 is 2.12 bits per heavy atom. The molecule has 26 heavy (non-hydrogen) atoms. The Balaban J connectivity index is 1.79. The van der Waals surface area contributed by atoms with Crippen molar-refractivity contribution in [3.63, 3.8) is 0 Å². The first kappa shape index (κ1) is 17.8. The molecule has 0 aliphatic carbocycles. The van der Waals surface area contributed by atoms with Gasteiger partial charge in [-0.05, 0) is 53.9 Å². The lowest BCUT2D eigenvalue weighted by Gasteiger charge is -2.06. The number of ether oxygens (including phenoxy) is 2. The second kappa shape index (κ2) is 9.49. The lowest BCUT2D eigenvalue weighted by Crippen LogP contribution is -2.04. The van der Waals surface area contributed by atoms with Crippen molar-refractivity contribution in [3.8, 4) is 11.5 Å². The highest BCUT2D eigenvalue weighted by Gasteiger charge is 2.01. The van der Waals surface area contributed by atoms with E-state index < -0.39 is 0 Å². The fourth-order valence-corrected chi connectivity index (χ4v) is 2.81. The predicted octanol–water partition coefficient (Wildman–Crippen LogP) is 6.11. The molecule has 0 spiro atoms. The monoisotopic (exact) mass is 361 g/mol. The maximum absolute atomic E-state index is 5.93. The predicted molar refractivity (Wildman–Crippen MR) is 109 cm³/mol. The summed E-state index contributed by atoms with van der Waals surface area (Å²) < 4.78 is 11.1. The number of hydrogen-bond donors (Lipinski definition) is 0. The van der Waals surface area contributed by atoms with Crippen molar-refractivity contribution in [1.29, 1.82) is 0 Å². The van der Waals surface area contributed by atoms with Crippen LogP contribution in [0, 0.1) is 0 Å². The van der Waals surface area contributed by atoms with E-state index in [1.807, 2.05) is 84.3 Å². The highest BCUT2D eigenvalue weighted by atomic mass is 32.2. The zero-order valence-electron chi connectivity index (χ0n) is 14.4. The summed E-state index contributed by atoms with van der Waals surface area (Å²) in [6.07, 6.45) is 1.87. The van der Waals surface area contributed by atoms with Crippen molar-refractivity contribution in [2.24, 2.45) is 4.99 Å². The number of thioether (sulfide) groups is 1. The number of aliphatic imine (C=N–C) groups is 1. The SMILES string of the molecule is COc1ccc(N=C(C=CSc2ccccc2)Oc2ccccc2)cc1. The lowest BCUT2D eigenvalue weighted by molar-refractivity contribution is 0.415. The van der Waals surface area contributed by atoms with Gasteiger partial charge in [-0.2, -0.15) is 0 Å². The van der Waals surface area contributed by atoms with Crippen LogP contribution in [0.1, 0.15) is 0 Å². The van der Waals surface area contributed by atoms with Gasteiger partial charge in [-0.3, -0.25) is 0 Å². The maximum Gasteiger partial charge on any atom is 0.220 e. The molecule has 130 valence electrons. The molecule has 0 atom stereocenters. The molecular formula is C22H19NO2S. The summed E-state index contributed by atoms with van der Waals surface area (Å²) in [5.74, 6) is 2.06. The average Bonchev–Trinajstić information content (AvgIpc) is 2.70. The molecule has 3 nitrogen and oxygen atoms in total. The molecule has 0 heterocycles. The van der Waals surface area contributed by atoms with Crippen LogP contribution in [-0.2, 0) is 0 Å². The fraction of sp³-hybridized carbons (Fsp3) is 0.0455. The third kappa shape index (κ3) is 5.53. The van der Waals surface area contributed by atoms with Gasteiger partial charge in [-0.1, -0.05) is 48.2 Å². The lowest BCUT2D eigenvalue weighted by atomic mass is 10.3. The highest BCUT2D eigenvalue weighted by molar-refractivity contribution is 8.02. The van der Waals surface area contributed by atoms with Crippen LogP contribution in [0.5, 0.6) is 11.5 Å². The zero-order valence-corrected chi connectivity index (χ0v) is 15.2. The van der Waals surface area contributed by atoms with Gasteiger partial charge in [-0.15, -0.1) is 0 Å². The minimum Gasteiger partial charge on any atom is -0.497 e. The Morgan fingerprint density at radius 2 is 1.46 bits per heavy atom. The van der Waals surface area contributed by atoms with E-state index in [1.165, 1.54) is 0 Å². The summed E-state index contributed by atoms with van der Waals surface area (Å²) in [5, 5.41) is 1.97. The summed E-state index contributed by atoms with van der Waals surface area (Å²) in [6, 6.07) is 27.3. The van der Waals surface area contributed by atoms with Gasteiger partial charge < -0.3 is 9.47 Å². The third-order valence-electron chi connectivity index (χ3n) is 3.44. The average molecular weight is 361 g/mol. The van der Waals surface area contributed by atoms with Crippen molar-refractivity contribution in [1.82, 2.24) is 0 Å². The second-order valence-electron chi connectivity index (χ2n) is 5.30. The van der Waals surface area contributed by atoms with E-state index in [9.17, 15) is 0 Å². The summed E-state index contributed by atoms with van der Waals surface area (Å²) >= 11 is 1.61. The van der Waals surface area contributed by atoms with Crippen LogP contribution >= 0.6 is 11.8 Å². The van der Waals surface area contributed by atoms with Crippen molar-refractivity contribution >= 4 is 23.3 Å². The first-order valence-corrected chi connectivity index (χ1v) is 9.05. The largest absolute Gasteiger partial charge is 0.497 e. The third-order valence-corrected chi connectivity index (χ3v) is 4.25. The van der Waals surface area contributed by atoms with Gasteiger partial charge in [0.2, 0.25) is 5.90 Å². The molecule has 0 unspecified atom stereocenters. The molecular weight excluding hydrogens is 342 g/mol. The molecule has 0 saturated carbocycles. The Morgan fingerprint density at radius 1 is 0.808 bits per heavy atom. The molecule has 0 aliphatic heterocycles. The summed E-state index contributed by atoms with van der Waals surface area (Å²) in [4.78, 5) is 5.76. The quantitative estimate of drug-likeness (QED) is 0.301. The van der Waals surface area contributed by atoms with Crippen LogP contribution in [0.25, 0.3) is 0 Å². The Labute approximate surface area is 158 Å². The van der Waals surface area contributed by atoms with Crippen LogP contribution in [0.3, 0.4) is 0 Å². The number of benzene rings is 3. The van der Waals surface area contributed by atoms with Gasteiger partial charge in [0.25, 0.3) is 0 Å². The Kier molecular flexibility index (Phi) is 6.51. The summed E-state index contributed by atoms with van der Waals surface area (Å²) in [5.41, 5.74) is 0.797. The maximum atomic E-state index is 5.93. The standard InChI is InChI=1S/C22H19NO2S/c1-24-19-14-12-18(13-15-19)23-22(25-20-8-4-2-5-9-20)16-17-26-21-10-6-3-7-11-21/h2-17H,1H3. The minimum atomic E-state index is 0.518. The topological polar surface area (TPSA) is 30.8 Å². The molecule has 3 aromatic rings. The van der Waals surface area contributed by atoms with Crippen molar-refractivity contribution in [3.05, 3.63) is 96.4 Å². The highest BCUT2D eigenvalue weighted by Crippen LogP contribution is 2.21. The van der Waals surface area contributed by atoms with Gasteiger partial charge in [-0.25, -0.2) is 4.99 Å². The zero-order chi connectivity index (χ0) is 18.0. The van der Waals surface area contributed by atoms with Crippen LogP contribution < -0.4 is 9.47 Å². The molecule has 0 aromatic heterocycles. The van der Waals surface area contributed by atoms with E-state index in [0.29, 0.717) is 5.90 Å². The summed E-state index contributed by atoms with van der Waals surface area (Å²) in [7, 11) is 1.64. The van der Waals surface area contributed by atoms with E-state index >= 15 is 0 Å². The fourth-order valence-electron chi connectivity index (χ4n) is 2.16. The summed E-state index contributed by atoms with van der Waals surface area (Å²) in [6.45, 7) is 0. The molecule has 0 saturated heterocycles. The molecule has 3 rings (SSSR count). The molecule has 4 heteroatoms. The van der Waals surface area contributed by atoms with Crippen LogP contribution in [-0.4, -0.2) is 13.0 Å². The van der Waals surface area contributed by atoms with Gasteiger partial charge in [0, 0.05) is 11.0 Å². The number of methoxy groups -OCH3 is 1. The van der Waals surface area contributed by atoms with Crippen molar-refractivity contribution in [2.75, 3.05) is 7.11 Å². The number of hydrogen-bond acceptors (Lipinski definition) is 4. The first-order valence-electron chi connectivity index (χ1n) is 8.17. The van der Waals surface area contributed by atoms with Gasteiger partial charge in [0.1, 0.15) is 11.5 Å². The molecule has 0 amide bonds. The molecule has 0 aliphatic rings. The first-order chi connectivity index (χ1) is 12.8. The van der Waals surface area contributed by atoms with E-state index in [2.05, 4.69) is 17.1 Å². The van der Waals surface area contributed by atoms with Crippen molar-refractivity contribution in [2.45, 2.75) is 4.90 Å².